The number of piperidine rings is 1. The van der Waals surface area contributed by atoms with Gasteiger partial charge in [0.05, 0.1) is 5.71 Å². The monoisotopic (exact) mass is 244 g/mol. The van der Waals surface area contributed by atoms with Crippen molar-refractivity contribution in [2.45, 2.75) is 32.1 Å². The molecule has 0 radical (unpaired) electrons. The number of hydrogen-bond acceptors (Lipinski definition) is 3. The van der Waals surface area contributed by atoms with Gasteiger partial charge in [-0.2, -0.15) is 0 Å². The van der Waals surface area contributed by atoms with Crippen LogP contribution in [0.25, 0.3) is 0 Å². The predicted molar refractivity (Wildman–Crippen MR) is 74.4 cm³/mol. The fourth-order valence-corrected chi connectivity index (χ4v) is 3.01. The predicted octanol–water partition coefficient (Wildman–Crippen LogP) is 2.97. The minimum absolute atomic E-state index is 1.01. The Kier molecular flexibility index (Phi) is 3.22. The van der Waals surface area contributed by atoms with Gasteiger partial charge >= 0.3 is 0 Å². The number of anilines is 1. The Hall–Kier alpha value is -1.51. The van der Waals surface area contributed by atoms with Gasteiger partial charge in [0, 0.05) is 24.3 Å². The van der Waals surface area contributed by atoms with Crippen LogP contribution in [0.2, 0.25) is 0 Å². The summed E-state index contributed by atoms with van der Waals surface area (Å²) in [5, 5.41) is 4.11. The average molecular weight is 244 g/mol. The molecule has 0 spiro atoms. The van der Waals surface area contributed by atoms with Crippen LogP contribution in [-0.4, -0.2) is 25.9 Å². The van der Waals surface area contributed by atoms with E-state index in [1.165, 1.54) is 49.2 Å². The maximum atomic E-state index is 4.91. The molecule has 3 rings (SSSR count). The third kappa shape index (κ3) is 2.09. The lowest BCUT2D eigenvalue weighted by atomic mass is 10.1. The second-order valence-electron chi connectivity index (χ2n) is 5.11. The van der Waals surface area contributed by atoms with Gasteiger partial charge in [-0.25, -0.2) is 0 Å². The van der Waals surface area contributed by atoms with Gasteiger partial charge in [0.2, 0.25) is 0 Å². The molecular formula is C15H20N2O. The summed E-state index contributed by atoms with van der Waals surface area (Å²) in [6.45, 7) is 2.41. The molecule has 1 fully saturated rings. The highest BCUT2D eigenvalue weighted by atomic mass is 16.6. The molecule has 3 heteroatoms. The van der Waals surface area contributed by atoms with Gasteiger partial charge in [0.1, 0.15) is 7.11 Å². The van der Waals surface area contributed by atoms with Crippen molar-refractivity contribution in [3.05, 3.63) is 29.3 Å². The van der Waals surface area contributed by atoms with Crippen LogP contribution in [0.1, 0.15) is 36.8 Å². The number of nitrogens with zero attached hydrogens (tertiary/aromatic N) is 2. The number of oxime groups is 1. The van der Waals surface area contributed by atoms with E-state index in [9.17, 15) is 0 Å². The lowest BCUT2D eigenvalue weighted by Gasteiger charge is -2.29. The maximum Gasteiger partial charge on any atom is 0.106 e. The smallest absolute Gasteiger partial charge is 0.106 e. The van der Waals surface area contributed by atoms with E-state index in [1.807, 2.05) is 0 Å². The molecule has 2 aliphatic rings. The summed E-state index contributed by atoms with van der Waals surface area (Å²) in [7, 11) is 1.62. The van der Waals surface area contributed by atoms with Gasteiger partial charge in [0.25, 0.3) is 0 Å². The number of fused-ring (bicyclic) bond motifs is 1. The van der Waals surface area contributed by atoms with Crippen molar-refractivity contribution >= 4 is 11.4 Å². The zero-order valence-corrected chi connectivity index (χ0v) is 11.0. The number of aryl methyl sites for hydroxylation is 1. The molecule has 0 N–H and O–H groups in total. The first-order valence-corrected chi connectivity index (χ1v) is 6.87. The summed E-state index contributed by atoms with van der Waals surface area (Å²) in [6, 6.07) is 6.80. The molecule has 1 heterocycles. The van der Waals surface area contributed by atoms with Crippen LogP contribution >= 0.6 is 0 Å². The van der Waals surface area contributed by atoms with E-state index < -0.39 is 0 Å². The van der Waals surface area contributed by atoms with E-state index >= 15 is 0 Å². The van der Waals surface area contributed by atoms with E-state index in [2.05, 4.69) is 28.3 Å². The zero-order valence-electron chi connectivity index (χ0n) is 11.0. The van der Waals surface area contributed by atoms with Crippen molar-refractivity contribution in [3.8, 4) is 0 Å². The molecule has 1 saturated heterocycles. The molecule has 0 unspecified atom stereocenters. The Morgan fingerprint density at radius 2 is 1.94 bits per heavy atom. The molecular weight excluding hydrogens is 224 g/mol. The highest BCUT2D eigenvalue weighted by Crippen LogP contribution is 2.28. The first kappa shape index (κ1) is 11.6. The van der Waals surface area contributed by atoms with E-state index in [-0.39, 0.29) is 0 Å². The third-order valence-corrected chi connectivity index (χ3v) is 3.95. The number of rotatable bonds is 2. The molecule has 18 heavy (non-hydrogen) atoms. The molecule has 96 valence electrons. The molecule has 0 saturated carbocycles. The Bertz CT molecular complexity index is 462. The summed E-state index contributed by atoms with van der Waals surface area (Å²) in [4.78, 5) is 7.42. The topological polar surface area (TPSA) is 24.8 Å². The lowest BCUT2D eigenvalue weighted by Crippen LogP contribution is -2.29. The molecule has 0 bridgehead atoms. The molecule has 1 aliphatic carbocycles. The largest absolute Gasteiger partial charge is 0.399 e. The second-order valence-corrected chi connectivity index (χ2v) is 5.11. The second kappa shape index (κ2) is 5.01. The fraction of sp³-hybridized carbons (Fsp3) is 0.533. The molecule has 1 aliphatic heterocycles. The highest BCUT2D eigenvalue weighted by molar-refractivity contribution is 6.04. The maximum absolute atomic E-state index is 4.91. The lowest BCUT2D eigenvalue weighted by molar-refractivity contribution is 0.213. The minimum atomic E-state index is 1.01. The van der Waals surface area contributed by atoms with Crippen LogP contribution < -0.4 is 4.90 Å². The summed E-state index contributed by atoms with van der Waals surface area (Å²) in [5.41, 5.74) is 5.18. The van der Waals surface area contributed by atoms with Crippen molar-refractivity contribution in [3.63, 3.8) is 0 Å². The first-order valence-electron chi connectivity index (χ1n) is 6.87. The van der Waals surface area contributed by atoms with Crippen molar-refractivity contribution < 1.29 is 4.84 Å². The molecule has 0 amide bonds. The van der Waals surface area contributed by atoms with Gasteiger partial charge in [-0.1, -0.05) is 11.2 Å². The van der Waals surface area contributed by atoms with Crippen LogP contribution in [0.5, 0.6) is 0 Å². The van der Waals surface area contributed by atoms with Gasteiger partial charge in [0.15, 0.2) is 0 Å². The van der Waals surface area contributed by atoms with Gasteiger partial charge in [-0.05, 0) is 49.8 Å². The molecule has 0 aromatic heterocycles. The Labute approximate surface area is 108 Å². The first-order chi connectivity index (χ1) is 8.88. The van der Waals surface area contributed by atoms with E-state index in [1.54, 1.807) is 7.11 Å². The Morgan fingerprint density at radius 1 is 1.11 bits per heavy atom. The summed E-state index contributed by atoms with van der Waals surface area (Å²) < 4.78 is 0. The van der Waals surface area contributed by atoms with Crippen molar-refractivity contribution in [2.24, 2.45) is 5.16 Å². The van der Waals surface area contributed by atoms with Gasteiger partial charge < -0.3 is 9.74 Å². The third-order valence-electron chi connectivity index (χ3n) is 3.95. The summed E-state index contributed by atoms with van der Waals surface area (Å²) in [6.07, 6.45) is 6.14. The Balaban J connectivity index is 1.86. The van der Waals surface area contributed by atoms with E-state index in [0.29, 0.717) is 0 Å². The van der Waals surface area contributed by atoms with Gasteiger partial charge in [-0.3, -0.25) is 0 Å². The fourth-order valence-electron chi connectivity index (χ4n) is 3.01. The molecule has 1 aromatic rings. The van der Waals surface area contributed by atoms with Gasteiger partial charge in [-0.15, -0.1) is 0 Å². The zero-order chi connectivity index (χ0) is 12.4. The normalized spacial score (nSPS) is 21.2. The average Bonchev–Trinajstić information content (AvgIpc) is 2.83. The number of hydrogen-bond donors (Lipinski definition) is 0. The summed E-state index contributed by atoms with van der Waals surface area (Å²) in [5.74, 6) is 0. The minimum Gasteiger partial charge on any atom is -0.399 e. The summed E-state index contributed by atoms with van der Waals surface area (Å²) >= 11 is 0. The molecule has 1 aromatic carbocycles. The Morgan fingerprint density at radius 3 is 2.72 bits per heavy atom. The van der Waals surface area contributed by atoms with Crippen LogP contribution in [0.3, 0.4) is 0 Å². The highest BCUT2D eigenvalue weighted by Gasteiger charge is 2.20. The van der Waals surface area contributed by atoms with Crippen LogP contribution in [0, 0.1) is 0 Å². The van der Waals surface area contributed by atoms with Crippen molar-refractivity contribution in [1.29, 1.82) is 0 Å². The molecule has 0 atom stereocenters. The van der Waals surface area contributed by atoms with Crippen LogP contribution in [0.4, 0.5) is 5.69 Å². The SMILES string of the molecule is CO/N=C1/CCc2cc(N3CCCCC3)ccc21. The van der Waals surface area contributed by atoms with Crippen molar-refractivity contribution in [1.82, 2.24) is 0 Å². The van der Waals surface area contributed by atoms with Crippen LogP contribution in [0.15, 0.2) is 23.4 Å². The quantitative estimate of drug-likeness (QED) is 0.747. The standard InChI is InChI=1S/C15H20N2O/c1-18-16-15-8-5-12-11-13(6-7-14(12)15)17-9-3-2-4-10-17/h6-7,11H,2-5,8-10H2,1H3/b16-15-. The van der Waals surface area contributed by atoms with Crippen LogP contribution in [-0.2, 0) is 11.3 Å². The van der Waals surface area contributed by atoms with E-state index in [0.717, 1.165) is 18.6 Å². The van der Waals surface area contributed by atoms with E-state index in [4.69, 9.17) is 4.84 Å². The number of benzene rings is 1. The van der Waals surface area contributed by atoms with Crippen molar-refractivity contribution in [2.75, 3.05) is 25.1 Å². The molecule has 3 nitrogen and oxygen atoms in total.